The average Bonchev–Trinajstić information content (AvgIpc) is 0.915. The number of phosphoric ester groups is 2. The lowest BCUT2D eigenvalue weighted by atomic mass is 10.0. The van der Waals surface area contributed by atoms with Gasteiger partial charge in [-0.2, -0.15) is 0 Å². The first-order valence-electron chi connectivity index (χ1n) is 43.6. The predicted molar refractivity (Wildman–Crippen MR) is 428 cm³/mol. The van der Waals surface area contributed by atoms with E-state index in [-0.39, 0.29) is 25.7 Å². The molecule has 0 bridgehead atoms. The summed E-state index contributed by atoms with van der Waals surface area (Å²) in [5.74, 6) is -2.13. The summed E-state index contributed by atoms with van der Waals surface area (Å²) in [6, 6.07) is 0. The molecule has 0 saturated heterocycles. The molecule has 0 aliphatic carbocycles. The van der Waals surface area contributed by atoms with Crippen molar-refractivity contribution in [1.82, 2.24) is 0 Å². The molecule has 0 spiro atoms. The third kappa shape index (κ3) is 77.7. The molecule has 614 valence electrons. The van der Waals surface area contributed by atoms with Gasteiger partial charge in [-0.25, -0.2) is 9.13 Å². The van der Waals surface area contributed by atoms with Crippen LogP contribution in [0, 0.1) is 0 Å². The van der Waals surface area contributed by atoms with Crippen molar-refractivity contribution in [1.29, 1.82) is 0 Å². The van der Waals surface area contributed by atoms with Crippen LogP contribution >= 0.6 is 15.6 Å². The smallest absolute Gasteiger partial charge is 0.462 e. The van der Waals surface area contributed by atoms with Crippen LogP contribution in [-0.2, 0) is 65.4 Å². The molecule has 0 radical (unpaired) electrons. The Morgan fingerprint density at radius 2 is 0.462 bits per heavy atom. The number of aliphatic hydroxyl groups is 1. The molecular formula is C85H162O17P2. The third-order valence-electron chi connectivity index (χ3n) is 19.5. The number of ether oxygens (including phenoxy) is 4. The minimum absolute atomic E-state index is 0.0861. The second kappa shape index (κ2) is 78.7. The maximum Gasteiger partial charge on any atom is 0.472 e. The van der Waals surface area contributed by atoms with E-state index >= 15 is 0 Å². The van der Waals surface area contributed by atoms with E-state index in [4.69, 9.17) is 37.0 Å². The van der Waals surface area contributed by atoms with Gasteiger partial charge in [0.25, 0.3) is 0 Å². The summed E-state index contributed by atoms with van der Waals surface area (Å²) in [5, 5.41) is 10.7. The summed E-state index contributed by atoms with van der Waals surface area (Å²) in [6.45, 7) is 4.99. The van der Waals surface area contributed by atoms with Crippen LogP contribution in [0.15, 0.2) is 24.3 Å². The van der Waals surface area contributed by atoms with Crippen molar-refractivity contribution >= 4 is 39.5 Å². The Kier molecular flexibility index (Phi) is 76.8. The normalized spacial score (nSPS) is 13.9. The minimum atomic E-state index is -4.97. The van der Waals surface area contributed by atoms with Crippen molar-refractivity contribution in [2.45, 2.75) is 457 Å². The lowest BCUT2D eigenvalue weighted by Crippen LogP contribution is -2.30. The van der Waals surface area contributed by atoms with Gasteiger partial charge >= 0.3 is 39.5 Å². The molecule has 0 aliphatic rings. The second-order valence-corrected chi connectivity index (χ2v) is 32.8. The molecule has 19 heteroatoms. The zero-order valence-electron chi connectivity index (χ0n) is 67.5. The van der Waals surface area contributed by atoms with E-state index in [1.807, 2.05) is 0 Å². The van der Waals surface area contributed by atoms with E-state index in [1.165, 1.54) is 257 Å². The van der Waals surface area contributed by atoms with Crippen LogP contribution in [-0.4, -0.2) is 96.7 Å². The number of unbranched alkanes of at least 4 members (excludes halogenated alkanes) is 55. The van der Waals surface area contributed by atoms with E-state index in [0.717, 1.165) is 103 Å². The Balaban J connectivity index is 5.28. The van der Waals surface area contributed by atoms with Crippen molar-refractivity contribution in [3.8, 4) is 0 Å². The van der Waals surface area contributed by atoms with Gasteiger partial charge < -0.3 is 33.8 Å². The van der Waals surface area contributed by atoms with Gasteiger partial charge in [-0.05, 0) is 51.4 Å². The number of esters is 4. The van der Waals surface area contributed by atoms with Crippen molar-refractivity contribution in [2.75, 3.05) is 39.6 Å². The van der Waals surface area contributed by atoms with Gasteiger partial charge in [0.15, 0.2) is 12.2 Å². The molecule has 0 saturated carbocycles. The maximum atomic E-state index is 13.1. The third-order valence-corrected chi connectivity index (χ3v) is 21.4. The number of carbonyl (C=O) groups excluding carboxylic acids is 4. The highest BCUT2D eigenvalue weighted by molar-refractivity contribution is 7.47. The number of allylic oxidation sites excluding steroid dienone is 4. The first-order chi connectivity index (χ1) is 50.7. The summed E-state index contributed by atoms with van der Waals surface area (Å²) in [4.78, 5) is 73.2. The fourth-order valence-electron chi connectivity index (χ4n) is 12.8. The number of aliphatic hydroxyl groups excluding tert-OH is 1. The van der Waals surface area contributed by atoms with Gasteiger partial charge in [0.05, 0.1) is 26.4 Å². The number of hydrogen-bond acceptors (Lipinski definition) is 15. The fourth-order valence-corrected chi connectivity index (χ4v) is 14.4. The number of phosphoric acid groups is 2. The topological polar surface area (TPSA) is 237 Å². The zero-order valence-corrected chi connectivity index (χ0v) is 69.3. The standard InChI is InChI=1S/C85H162O17P2/c1-5-9-13-17-21-25-29-33-36-38-39-40-42-45-48-52-56-60-64-68-72-85(90)102-81(76-96-83(88)70-66-62-58-54-50-46-44-41-37-34-30-26-22-18-14-10-6-2)78-100-104(93,94)98-74-79(86)73-97-103(91,92)99-77-80(75-95-82(87)69-65-61-57-53-49-32-28-24-20-16-12-8-4)101-84(89)71-67-63-59-55-51-47-43-35-31-27-23-19-15-11-7-3/h27,31,35,43,79-81,86H,5-26,28-30,32-34,36-42,44-78H2,1-4H3,(H,91,92)(H,93,94)/b31-27-,43-35-/t79-,80+,81+/m0/s1. The first-order valence-corrected chi connectivity index (χ1v) is 46.6. The lowest BCUT2D eigenvalue weighted by molar-refractivity contribution is -0.161. The van der Waals surface area contributed by atoms with Gasteiger partial charge in [-0.1, -0.05) is 386 Å². The molecule has 0 rings (SSSR count). The van der Waals surface area contributed by atoms with E-state index in [9.17, 15) is 43.2 Å². The zero-order chi connectivity index (χ0) is 76.0. The molecule has 0 aliphatic heterocycles. The summed E-state index contributed by atoms with van der Waals surface area (Å²) in [6.07, 6.45) is 75.7. The summed E-state index contributed by atoms with van der Waals surface area (Å²) < 4.78 is 68.8. The summed E-state index contributed by atoms with van der Waals surface area (Å²) >= 11 is 0. The molecule has 0 aromatic heterocycles. The molecular weight excluding hydrogens is 1350 g/mol. The van der Waals surface area contributed by atoms with Crippen LogP contribution in [0.3, 0.4) is 0 Å². The first kappa shape index (κ1) is 102. The Bertz CT molecular complexity index is 2060. The molecule has 0 aromatic carbocycles. The van der Waals surface area contributed by atoms with Crippen molar-refractivity contribution in [3.63, 3.8) is 0 Å². The largest absolute Gasteiger partial charge is 0.472 e. The maximum absolute atomic E-state index is 13.1. The molecule has 0 amide bonds. The summed E-state index contributed by atoms with van der Waals surface area (Å²) in [5.41, 5.74) is 0. The SMILES string of the molecule is CCCCCC/C=C\C=C/CCCCCCCC(=O)O[C@H](COC(=O)CCCCCCCCCCCCCC)COP(=O)(O)OC[C@H](O)COP(=O)(O)OC[C@@H](COC(=O)CCCCCCCCCCCCCCCCCCC)OC(=O)CCCCCCCCCCCCCCCCCCCCCC. The molecule has 2 unspecified atom stereocenters. The van der Waals surface area contributed by atoms with Crippen molar-refractivity contribution in [2.24, 2.45) is 0 Å². The van der Waals surface area contributed by atoms with Crippen LogP contribution in [0.4, 0.5) is 0 Å². The molecule has 0 heterocycles. The van der Waals surface area contributed by atoms with Gasteiger partial charge in [-0.3, -0.25) is 37.3 Å². The average molecular weight is 1520 g/mol. The Hall–Kier alpha value is -2.46. The van der Waals surface area contributed by atoms with Gasteiger partial charge in [0, 0.05) is 25.7 Å². The van der Waals surface area contributed by atoms with Gasteiger partial charge in [0.2, 0.25) is 0 Å². The highest BCUT2D eigenvalue weighted by Gasteiger charge is 2.30. The van der Waals surface area contributed by atoms with Crippen LogP contribution < -0.4 is 0 Å². The highest BCUT2D eigenvalue weighted by Crippen LogP contribution is 2.45. The van der Waals surface area contributed by atoms with Crippen molar-refractivity contribution < 1.29 is 80.2 Å². The Morgan fingerprint density at radius 1 is 0.269 bits per heavy atom. The lowest BCUT2D eigenvalue weighted by Gasteiger charge is -2.21. The predicted octanol–water partition coefficient (Wildman–Crippen LogP) is 25.7. The Morgan fingerprint density at radius 3 is 0.702 bits per heavy atom. The van der Waals surface area contributed by atoms with Crippen LogP contribution in [0.5, 0.6) is 0 Å². The Labute approximate surface area is 637 Å². The molecule has 17 nitrogen and oxygen atoms in total. The van der Waals surface area contributed by atoms with Crippen LogP contribution in [0.25, 0.3) is 0 Å². The number of hydrogen-bond donors (Lipinski definition) is 3. The van der Waals surface area contributed by atoms with E-state index < -0.39 is 97.5 Å². The number of carbonyl (C=O) groups is 4. The van der Waals surface area contributed by atoms with Crippen LogP contribution in [0.1, 0.15) is 439 Å². The fraction of sp³-hybridized carbons (Fsp3) is 0.906. The van der Waals surface area contributed by atoms with Crippen molar-refractivity contribution in [3.05, 3.63) is 24.3 Å². The molecule has 104 heavy (non-hydrogen) atoms. The van der Waals surface area contributed by atoms with E-state index in [2.05, 4.69) is 52.0 Å². The highest BCUT2D eigenvalue weighted by atomic mass is 31.2. The van der Waals surface area contributed by atoms with E-state index in [0.29, 0.717) is 25.7 Å². The molecule has 5 atom stereocenters. The molecule has 0 aromatic rings. The second-order valence-electron chi connectivity index (χ2n) is 29.9. The van der Waals surface area contributed by atoms with Gasteiger partial charge in [0.1, 0.15) is 19.3 Å². The quantitative estimate of drug-likeness (QED) is 0.0169. The van der Waals surface area contributed by atoms with Gasteiger partial charge in [-0.15, -0.1) is 0 Å². The molecule has 3 N–H and O–H groups in total. The summed E-state index contributed by atoms with van der Waals surface area (Å²) in [7, 11) is -9.94. The minimum Gasteiger partial charge on any atom is -0.462 e. The molecule has 0 fully saturated rings. The monoisotopic (exact) mass is 1520 g/mol. The number of rotatable bonds is 84. The van der Waals surface area contributed by atoms with E-state index in [1.54, 1.807) is 0 Å². The van der Waals surface area contributed by atoms with Crippen LogP contribution in [0.2, 0.25) is 0 Å².